The molecular weight excluding hydrogens is 283 g/mol. The van der Waals surface area contributed by atoms with Crippen molar-refractivity contribution < 1.29 is 43.0 Å². The van der Waals surface area contributed by atoms with Gasteiger partial charge in [-0.2, -0.15) is 0 Å². The van der Waals surface area contributed by atoms with E-state index in [-0.39, 0.29) is 6.61 Å². The summed E-state index contributed by atoms with van der Waals surface area (Å²) in [5.41, 5.74) is 0. The highest BCUT2D eigenvalue weighted by atomic mass is 31.2. The lowest BCUT2D eigenvalue weighted by Gasteiger charge is -2.20. The highest BCUT2D eigenvalue weighted by Gasteiger charge is 2.40. The molecule has 1 rings (SSSR count). The molecule has 0 aromatic carbocycles. The molecule has 0 saturated carbocycles. The van der Waals surface area contributed by atoms with E-state index in [4.69, 9.17) is 14.2 Å². The van der Waals surface area contributed by atoms with Gasteiger partial charge in [0.1, 0.15) is 6.10 Å². The number of phosphoric ester groups is 1. The van der Waals surface area contributed by atoms with Crippen molar-refractivity contribution in [1.29, 1.82) is 0 Å². The SMILES string of the molecule is CCOP(=O)(OC)OC[C@H](O)[C@H]1OC(=O)C(O)=C1O. The van der Waals surface area contributed by atoms with Gasteiger partial charge >= 0.3 is 13.8 Å². The molecule has 0 fully saturated rings. The zero-order valence-electron chi connectivity index (χ0n) is 10.3. The largest absolute Gasteiger partial charge is 0.505 e. The van der Waals surface area contributed by atoms with Crippen molar-refractivity contribution in [3.63, 3.8) is 0 Å². The second-order valence-corrected chi connectivity index (χ2v) is 5.25. The van der Waals surface area contributed by atoms with E-state index in [1.54, 1.807) is 6.92 Å². The molecular formula is C9H15O9P. The van der Waals surface area contributed by atoms with Crippen LogP contribution in [-0.2, 0) is 27.7 Å². The van der Waals surface area contributed by atoms with Crippen LogP contribution in [0.4, 0.5) is 0 Å². The number of hydrogen-bond donors (Lipinski definition) is 3. The second kappa shape index (κ2) is 6.36. The molecule has 3 N–H and O–H groups in total. The molecule has 0 bridgehead atoms. The summed E-state index contributed by atoms with van der Waals surface area (Å²) in [4.78, 5) is 10.9. The van der Waals surface area contributed by atoms with Crippen LogP contribution in [0.25, 0.3) is 0 Å². The fraction of sp³-hybridized carbons (Fsp3) is 0.667. The Bertz CT molecular complexity index is 418. The third-order valence-corrected chi connectivity index (χ3v) is 3.69. The molecule has 19 heavy (non-hydrogen) atoms. The number of cyclic esters (lactones) is 1. The van der Waals surface area contributed by atoms with E-state index in [9.17, 15) is 19.6 Å². The van der Waals surface area contributed by atoms with Crippen LogP contribution in [0.15, 0.2) is 11.5 Å². The minimum Gasteiger partial charge on any atom is -0.505 e. The van der Waals surface area contributed by atoms with Crippen molar-refractivity contribution in [3.8, 4) is 0 Å². The van der Waals surface area contributed by atoms with Gasteiger partial charge in [-0.15, -0.1) is 0 Å². The maximum atomic E-state index is 11.7. The predicted molar refractivity (Wildman–Crippen MR) is 60.4 cm³/mol. The summed E-state index contributed by atoms with van der Waals surface area (Å²) in [7, 11) is -2.71. The van der Waals surface area contributed by atoms with Crippen LogP contribution in [0.3, 0.4) is 0 Å². The molecule has 0 radical (unpaired) electrons. The van der Waals surface area contributed by atoms with Gasteiger partial charge < -0.3 is 20.1 Å². The monoisotopic (exact) mass is 298 g/mol. The zero-order valence-corrected chi connectivity index (χ0v) is 11.2. The number of aliphatic hydroxyl groups excluding tert-OH is 3. The molecule has 1 aliphatic heterocycles. The first-order valence-electron chi connectivity index (χ1n) is 5.30. The van der Waals surface area contributed by atoms with Gasteiger partial charge in [0.05, 0.1) is 13.2 Å². The van der Waals surface area contributed by atoms with Crippen molar-refractivity contribution in [3.05, 3.63) is 11.5 Å². The Morgan fingerprint density at radius 2 is 2.05 bits per heavy atom. The molecule has 0 amide bonds. The predicted octanol–water partition coefficient (Wildman–Crippen LogP) is 0.408. The van der Waals surface area contributed by atoms with Crippen molar-refractivity contribution in [2.75, 3.05) is 20.3 Å². The second-order valence-electron chi connectivity index (χ2n) is 3.47. The standard InChI is InChI=1S/C9H15O9P/c1-3-16-19(14,15-2)17-4-5(10)8-6(11)7(12)9(13)18-8/h5,8,10-12H,3-4H2,1-2H3/t5-,8+,19?/m0/s1. The van der Waals surface area contributed by atoms with Crippen LogP contribution < -0.4 is 0 Å². The van der Waals surface area contributed by atoms with Crippen molar-refractivity contribution in [1.82, 2.24) is 0 Å². The van der Waals surface area contributed by atoms with Crippen molar-refractivity contribution in [2.24, 2.45) is 0 Å². The Balaban J connectivity index is 2.60. The number of carbonyl (C=O) groups excluding carboxylic acids is 1. The average molecular weight is 298 g/mol. The number of carbonyl (C=O) groups is 1. The van der Waals surface area contributed by atoms with Crippen LogP contribution in [0.1, 0.15) is 6.92 Å². The Labute approximate surface area is 109 Å². The zero-order chi connectivity index (χ0) is 14.6. The van der Waals surface area contributed by atoms with E-state index in [0.29, 0.717) is 0 Å². The number of ether oxygens (including phenoxy) is 1. The summed E-state index contributed by atoms with van der Waals surface area (Å²) in [6, 6.07) is 0. The first kappa shape index (κ1) is 15.9. The maximum absolute atomic E-state index is 11.7. The van der Waals surface area contributed by atoms with Gasteiger partial charge in [0.2, 0.25) is 5.76 Å². The van der Waals surface area contributed by atoms with Gasteiger partial charge in [-0.25, -0.2) is 9.36 Å². The minimum absolute atomic E-state index is 0.0611. The number of aliphatic hydroxyl groups is 3. The lowest BCUT2D eigenvalue weighted by Crippen LogP contribution is -2.32. The van der Waals surface area contributed by atoms with Gasteiger partial charge in [0, 0.05) is 7.11 Å². The molecule has 0 saturated heterocycles. The van der Waals surface area contributed by atoms with E-state index in [2.05, 4.69) is 9.26 Å². The molecule has 0 aliphatic carbocycles. The van der Waals surface area contributed by atoms with Crippen LogP contribution >= 0.6 is 7.82 Å². The highest BCUT2D eigenvalue weighted by Crippen LogP contribution is 2.48. The van der Waals surface area contributed by atoms with E-state index in [1.165, 1.54) is 0 Å². The van der Waals surface area contributed by atoms with Crippen LogP contribution in [0.5, 0.6) is 0 Å². The van der Waals surface area contributed by atoms with Gasteiger partial charge in [0.15, 0.2) is 11.9 Å². The number of esters is 1. The van der Waals surface area contributed by atoms with E-state index in [1.807, 2.05) is 0 Å². The summed E-state index contributed by atoms with van der Waals surface area (Å²) in [5.74, 6) is -2.96. The quantitative estimate of drug-likeness (QED) is 0.451. The van der Waals surface area contributed by atoms with Gasteiger partial charge in [-0.3, -0.25) is 13.6 Å². The van der Waals surface area contributed by atoms with Crippen LogP contribution in [0, 0.1) is 0 Å². The molecule has 1 unspecified atom stereocenters. The van der Waals surface area contributed by atoms with Crippen LogP contribution in [0.2, 0.25) is 0 Å². The Kier molecular flexibility index (Phi) is 5.33. The summed E-state index contributed by atoms with van der Waals surface area (Å²) in [6.45, 7) is 1.03. The molecule has 10 heteroatoms. The maximum Gasteiger partial charge on any atom is 0.474 e. The molecule has 9 nitrogen and oxygen atoms in total. The van der Waals surface area contributed by atoms with E-state index >= 15 is 0 Å². The highest BCUT2D eigenvalue weighted by molar-refractivity contribution is 7.48. The first-order valence-corrected chi connectivity index (χ1v) is 6.76. The molecule has 0 aromatic rings. The Hall–Kier alpha value is -1.12. The number of rotatable bonds is 7. The normalized spacial score (nSPS) is 24.2. The Morgan fingerprint density at radius 1 is 1.42 bits per heavy atom. The molecule has 1 aliphatic rings. The Morgan fingerprint density at radius 3 is 2.47 bits per heavy atom. The van der Waals surface area contributed by atoms with Gasteiger partial charge in [-0.05, 0) is 6.92 Å². The third-order valence-electron chi connectivity index (χ3n) is 2.20. The fourth-order valence-corrected chi connectivity index (χ4v) is 2.22. The number of phosphoric acid groups is 1. The molecule has 0 aromatic heterocycles. The lowest BCUT2D eigenvalue weighted by atomic mass is 10.2. The smallest absolute Gasteiger partial charge is 0.474 e. The minimum atomic E-state index is -3.81. The molecule has 110 valence electrons. The van der Waals surface area contributed by atoms with E-state index in [0.717, 1.165) is 7.11 Å². The summed E-state index contributed by atoms with van der Waals surface area (Å²) in [6.07, 6.45) is -3.03. The van der Waals surface area contributed by atoms with Crippen molar-refractivity contribution in [2.45, 2.75) is 19.1 Å². The summed E-state index contributed by atoms with van der Waals surface area (Å²) >= 11 is 0. The fourth-order valence-electron chi connectivity index (χ4n) is 1.28. The van der Waals surface area contributed by atoms with Crippen LogP contribution in [-0.4, -0.2) is 53.8 Å². The third kappa shape index (κ3) is 3.68. The van der Waals surface area contributed by atoms with Crippen molar-refractivity contribution >= 4 is 13.8 Å². The van der Waals surface area contributed by atoms with Gasteiger partial charge in [-0.1, -0.05) is 0 Å². The van der Waals surface area contributed by atoms with Gasteiger partial charge in [0.25, 0.3) is 0 Å². The molecule has 0 spiro atoms. The molecule has 1 heterocycles. The van der Waals surface area contributed by atoms with E-state index < -0.39 is 44.1 Å². The molecule has 3 atom stereocenters. The topological polar surface area (TPSA) is 132 Å². The number of hydrogen-bond acceptors (Lipinski definition) is 9. The summed E-state index contributed by atoms with van der Waals surface area (Å²) in [5, 5.41) is 28.0. The lowest BCUT2D eigenvalue weighted by molar-refractivity contribution is -0.147. The summed E-state index contributed by atoms with van der Waals surface area (Å²) < 4.78 is 30.2. The first-order chi connectivity index (χ1) is 8.84. The average Bonchev–Trinajstić information content (AvgIpc) is 2.64.